The van der Waals surface area contributed by atoms with E-state index in [1.165, 1.54) is 0 Å². The van der Waals surface area contributed by atoms with Gasteiger partial charge in [-0.05, 0) is 37.5 Å². The Morgan fingerprint density at radius 2 is 2.00 bits per heavy atom. The number of hydrogen-bond donors (Lipinski definition) is 2. The van der Waals surface area contributed by atoms with Crippen LogP contribution in [-0.2, 0) is 0 Å². The Morgan fingerprint density at radius 1 is 1.37 bits per heavy atom. The first-order valence-electron chi connectivity index (χ1n) is 6.82. The molecule has 19 heavy (non-hydrogen) atoms. The van der Waals surface area contributed by atoms with Gasteiger partial charge in [-0.15, -0.1) is 0 Å². The van der Waals surface area contributed by atoms with Crippen LogP contribution in [0.5, 0.6) is 0 Å². The van der Waals surface area contributed by atoms with E-state index in [-0.39, 0.29) is 0 Å². The van der Waals surface area contributed by atoms with E-state index < -0.39 is 11.7 Å². The first kappa shape index (κ1) is 14.8. The first-order valence-corrected chi connectivity index (χ1v) is 7.62. The number of aliphatic hydroxyl groups excluding tert-OH is 1. The third-order valence-corrected chi connectivity index (χ3v) is 4.63. The zero-order valence-electron chi connectivity index (χ0n) is 11.6. The predicted molar refractivity (Wildman–Crippen MR) is 81.5 cm³/mol. The lowest BCUT2D eigenvalue weighted by Gasteiger charge is -2.30. The van der Waals surface area contributed by atoms with Gasteiger partial charge in [-0.25, -0.2) is 0 Å². The molecular weight excluding hydrogens is 306 g/mol. The summed E-state index contributed by atoms with van der Waals surface area (Å²) in [4.78, 5) is 2.09. The van der Waals surface area contributed by atoms with Gasteiger partial charge >= 0.3 is 0 Å². The van der Waals surface area contributed by atoms with Crippen molar-refractivity contribution in [2.24, 2.45) is 0 Å². The summed E-state index contributed by atoms with van der Waals surface area (Å²) >= 11 is 3.49. The summed E-state index contributed by atoms with van der Waals surface area (Å²) in [5, 5.41) is 20.1. The van der Waals surface area contributed by atoms with Gasteiger partial charge in [0.05, 0.1) is 11.7 Å². The molecule has 0 aromatic heterocycles. The Morgan fingerprint density at radius 3 is 2.53 bits per heavy atom. The maximum absolute atomic E-state index is 10.4. The Bertz CT molecular complexity index is 442. The zero-order valence-corrected chi connectivity index (χ0v) is 13.2. The van der Waals surface area contributed by atoms with Crippen LogP contribution < -0.4 is 4.90 Å². The molecule has 4 heteroatoms. The standard InChI is InChI=1S/C15H22BrNO2/c1-11(18)13-6-5-12(9-14(13)16)17(2)10-15(19)7-3-4-8-15/h5-6,9,11,18-19H,3-4,7-8,10H2,1-2H3/t11-/m1/s1. The van der Waals surface area contributed by atoms with Gasteiger partial charge in [-0.3, -0.25) is 0 Å². The van der Waals surface area contributed by atoms with Crippen LogP contribution in [0.15, 0.2) is 22.7 Å². The summed E-state index contributed by atoms with van der Waals surface area (Å²) < 4.78 is 0.908. The van der Waals surface area contributed by atoms with Gasteiger partial charge in [0.2, 0.25) is 0 Å². The summed E-state index contributed by atoms with van der Waals surface area (Å²) in [6.07, 6.45) is 3.55. The molecule has 1 fully saturated rings. The van der Waals surface area contributed by atoms with Crippen molar-refractivity contribution >= 4 is 21.6 Å². The van der Waals surface area contributed by atoms with Crippen molar-refractivity contribution < 1.29 is 10.2 Å². The van der Waals surface area contributed by atoms with Gasteiger partial charge in [0.15, 0.2) is 0 Å². The van der Waals surface area contributed by atoms with Gasteiger partial charge < -0.3 is 15.1 Å². The summed E-state index contributed by atoms with van der Waals surface area (Å²) in [5.74, 6) is 0. The van der Waals surface area contributed by atoms with Gasteiger partial charge in [0.25, 0.3) is 0 Å². The number of anilines is 1. The Labute approximate surface area is 123 Å². The molecule has 0 bridgehead atoms. The fourth-order valence-corrected chi connectivity index (χ4v) is 3.51. The number of rotatable bonds is 4. The molecule has 2 N–H and O–H groups in total. The van der Waals surface area contributed by atoms with Crippen LogP contribution in [0.3, 0.4) is 0 Å². The minimum absolute atomic E-state index is 0.479. The highest BCUT2D eigenvalue weighted by Gasteiger charge is 2.32. The van der Waals surface area contributed by atoms with Crippen molar-refractivity contribution in [1.82, 2.24) is 0 Å². The molecule has 0 unspecified atom stereocenters. The van der Waals surface area contributed by atoms with Crippen LogP contribution in [0.2, 0.25) is 0 Å². The number of hydrogen-bond acceptors (Lipinski definition) is 3. The highest BCUT2D eigenvalue weighted by molar-refractivity contribution is 9.10. The summed E-state index contributed by atoms with van der Waals surface area (Å²) in [7, 11) is 2.00. The highest BCUT2D eigenvalue weighted by Crippen LogP contribution is 2.33. The second kappa shape index (κ2) is 5.81. The largest absolute Gasteiger partial charge is 0.389 e. The maximum atomic E-state index is 10.4. The third kappa shape index (κ3) is 3.50. The number of halogens is 1. The lowest BCUT2D eigenvalue weighted by molar-refractivity contribution is 0.0559. The van der Waals surface area contributed by atoms with Crippen LogP contribution in [0.4, 0.5) is 5.69 Å². The molecule has 0 spiro atoms. The lowest BCUT2D eigenvalue weighted by Crippen LogP contribution is -2.39. The molecule has 0 aliphatic heterocycles. The number of aliphatic hydroxyl groups is 2. The molecule has 1 saturated carbocycles. The molecule has 1 aliphatic rings. The Balaban J connectivity index is 2.11. The predicted octanol–water partition coefficient (Wildman–Crippen LogP) is 3.24. The molecule has 3 nitrogen and oxygen atoms in total. The van der Waals surface area contributed by atoms with E-state index in [1.807, 2.05) is 25.2 Å². The molecule has 1 atom stereocenters. The second-order valence-corrected chi connectivity index (χ2v) is 6.52. The quantitative estimate of drug-likeness (QED) is 0.892. The van der Waals surface area contributed by atoms with Crippen LogP contribution in [0, 0.1) is 0 Å². The van der Waals surface area contributed by atoms with Crippen molar-refractivity contribution in [2.45, 2.75) is 44.3 Å². The topological polar surface area (TPSA) is 43.7 Å². The van der Waals surface area contributed by atoms with E-state index in [9.17, 15) is 10.2 Å². The molecule has 1 aromatic carbocycles. The molecule has 1 aliphatic carbocycles. The fourth-order valence-electron chi connectivity index (χ4n) is 2.82. The summed E-state index contributed by atoms with van der Waals surface area (Å²) in [6.45, 7) is 2.41. The van der Waals surface area contributed by atoms with E-state index in [0.29, 0.717) is 6.54 Å². The van der Waals surface area contributed by atoms with Gasteiger partial charge in [-0.2, -0.15) is 0 Å². The van der Waals surface area contributed by atoms with E-state index in [1.54, 1.807) is 6.92 Å². The molecule has 106 valence electrons. The van der Waals surface area contributed by atoms with Gasteiger partial charge in [0, 0.05) is 23.8 Å². The fraction of sp³-hybridized carbons (Fsp3) is 0.600. The molecule has 0 saturated heterocycles. The van der Waals surface area contributed by atoms with E-state index in [2.05, 4.69) is 20.8 Å². The van der Waals surface area contributed by atoms with Crippen molar-refractivity contribution in [3.8, 4) is 0 Å². The minimum Gasteiger partial charge on any atom is -0.389 e. The van der Waals surface area contributed by atoms with E-state index in [0.717, 1.165) is 41.4 Å². The van der Waals surface area contributed by atoms with E-state index >= 15 is 0 Å². The molecular formula is C15H22BrNO2. The monoisotopic (exact) mass is 327 g/mol. The average molecular weight is 328 g/mol. The molecule has 1 aromatic rings. The molecule has 0 amide bonds. The Kier molecular flexibility index (Phi) is 4.54. The third-order valence-electron chi connectivity index (χ3n) is 3.94. The summed E-state index contributed by atoms with van der Waals surface area (Å²) in [5.41, 5.74) is 1.40. The number of likely N-dealkylation sites (N-methyl/N-ethyl adjacent to an activating group) is 1. The van der Waals surface area contributed by atoms with Crippen LogP contribution >= 0.6 is 15.9 Å². The van der Waals surface area contributed by atoms with E-state index in [4.69, 9.17) is 0 Å². The lowest BCUT2D eigenvalue weighted by atomic mass is 10.0. The average Bonchev–Trinajstić information content (AvgIpc) is 2.75. The summed E-state index contributed by atoms with van der Waals surface area (Å²) in [6, 6.07) is 5.92. The first-order chi connectivity index (χ1) is 8.91. The van der Waals surface area contributed by atoms with Crippen LogP contribution in [0.25, 0.3) is 0 Å². The SMILES string of the molecule is C[C@@H](O)c1ccc(N(C)CC2(O)CCCC2)cc1Br. The molecule has 0 radical (unpaired) electrons. The van der Waals surface area contributed by atoms with Gasteiger partial charge in [0.1, 0.15) is 0 Å². The van der Waals surface area contributed by atoms with Crippen LogP contribution in [0.1, 0.15) is 44.3 Å². The van der Waals surface area contributed by atoms with Crippen molar-refractivity contribution in [1.29, 1.82) is 0 Å². The Hall–Kier alpha value is -0.580. The normalized spacial score (nSPS) is 19.4. The number of benzene rings is 1. The second-order valence-electron chi connectivity index (χ2n) is 5.67. The zero-order chi connectivity index (χ0) is 14.0. The smallest absolute Gasteiger partial charge is 0.0821 e. The minimum atomic E-state index is -0.538. The maximum Gasteiger partial charge on any atom is 0.0821 e. The highest BCUT2D eigenvalue weighted by atomic mass is 79.9. The van der Waals surface area contributed by atoms with Crippen molar-refractivity contribution in [3.05, 3.63) is 28.2 Å². The van der Waals surface area contributed by atoms with Crippen molar-refractivity contribution in [3.63, 3.8) is 0 Å². The molecule has 2 rings (SSSR count). The van der Waals surface area contributed by atoms with Gasteiger partial charge in [-0.1, -0.05) is 34.8 Å². The van der Waals surface area contributed by atoms with Crippen LogP contribution in [-0.4, -0.2) is 29.4 Å². The number of nitrogens with zero attached hydrogens (tertiary/aromatic N) is 1. The van der Waals surface area contributed by atoms with Crippen molar-refractivity contribution in [2.75, 3.05) is 18.5 Å². The molecule has 0 heterocycles.